The number of aliphatic hydroxyl groups is 1. The van der Waals surface area contributed by atoms with Gasteiger partial charge in [0.05, 0.1) is 4.92 Å². The van der Waals surface area contributed by atoms with Gasteiger partial charge >= 0.3 is 0 Å². The van der Waals surface area contributed by atoms with Crippen molar-refractivity contribution in [1.29, 1.82) is 0 Å². The van der Waals surface area contributed by atoms with Gasteiger partial charge in [0, 0.05) is 17.7 Å². The summed E-state index contributed by atoms with van der Waals surface area (Å²) in [6.45, 7) is 1.55. The molecule has 1 N–H and O–H groups in total. The molecule has 0 spiro atoms. The number of hydrogen-bond donors (Lipinski definition) is 1. The van der Waals surface area contributed by atoms with Crippen LogP contribution in [0.15, 0.2) is 24.3 Å². The standard InChI is InChI=1S/C10H9NO3/c1-8(12)2-3-9-4-6-10(7-5-9)11(13)14/h4-8,12H,1H3. The van der Waals surface area contributed by atoms with Gasteiger partial charge in [0.1, 0.15) is 6.10 Å². The van der Waals surface area contributed by atoms with E-state index in [1.54, 1.807) is 19.1 Å². The Bertz CT molecular complexity index is 384. The van der Waals surface area contributed by atoms with Crippen LogP contribution in [0.1, 0.15) is 12.5 Å². The van der Waals surface area contributed by atoms with E-state index in [9.17, 15) is 10.1 Å². The molecule has 0 heterocycles. The SMILES string of the molecule is CC(O)C#Cc1ccc([N+](=O)[O-])cc1. The van der Waals surface area contributed by atoms with Gasteiger partial charge in [0.2, 0.25) is 0 Å². The Labute approximate surface area is 81.3 Å². The van der Waals surface area contributed by atoms with E-state index in [1.807, 2.05) is 0 Å². The van der Waals surface area contributed by atoms with Crippen LogP contribution >= 0.6 is 0 Å². The van der Waals surface area contributed by atoms with Crippen molar-refractivity contribution in [3.63, 3.8) is 0 Å². The van der Waals surface area contributed by atoms with Gasteiger partial charge < -0.3 is 5.11 Å². The number of hydrogen-bond acceptors (Lipinski definition) is 3. The predicted octanol–water partition coefficient (Wildman–Crippen LogP) is 1.33. The minimum absolute atomic E-state index is 0.0348. The smallest absolute Gasteiger partial charge is 0.269 e. The Morgan fingerprint density at radius 1 is 1.43 bits per heavy atom. The molecule has 0 saturated carbocycles. The first-order valence-corrected chi connectivity index (χ1v) is 4.03. The third-order valence-electron chi connectivity index (χ3n) is 1.50. The van der Waals surface area contributed by atoms with Crippen LogP contribution in [0.25, 0.3) is 0 Å². The minimum atomic E-state index is -0.690. The summed E-state index contributed by atoms with van der Waals surface area (Å²) in [4.78, 5) is 9.84. The van der Waals surface area contributed by atoms with Crippen molar-refractivity contribution in [2.24, 2.45) is 0 Å². The molecule has 1 unspecified atom stereocenters. The van der Waals surface area contributed by atoms with Crippen LogP contribution in [0.2, 0.25) is 0 Å². The molecule has 1 aromatic rings. The summed E-state index contributed by atoms with van der Waals surface area (Å²) in [6, 6.07) is 5.86. The molecule has 0 aliphatic rings. The van der Waals surface area contributed by atoms with E-state index < -0.39 is 11.0 Å². The lowest BCUT2D eigenvalue weighted by Gasteiger charge is -1.91. The summed E-state index contributed by atoms with van der Waals surface area (Å²) >= 11 is 0. The zero-order valence-electron chi connectivity index (χ0n) is 7.60. The highest BCUT2D eigenvalue weighted by Crippen LogP contribution is 2.10. The molecule has 1 aromatic carbocycles. The fourth-order valence-electron chi connectivity index (χ4n) is 0.854. The average molecular weight is 191 g/mol. The number of rotatable bonds is 1. The van der Waals surface area contributed by atoms with Gasteiger partial charge in [-0.15, -0.1) is 0 Å². The number of nitrogens with zero attached hydrogens (tertiary/aromatic N) is 1. The van der Waals surface area contributed by atoms with Crippen LogP contribution in [0.5, 0.6) is 0 Å². The van der Waals surface area contributed by atoms with Crippen molar-refractivity contribution in [2.75, 3.05) is 0 Å². The van der Waals surface area contributed by atoms with Gasteiger partial charge in [-0.1, -0.05) is 11.8 Å². The summed E-state index contributed by atoms with van der Waals surface area (Å²) in [5.41, 5.74) is 0.684. The van der Waals surface area contributed by atoms with Crippen molar-refractivity contribution in [3.8, 4) is 11.8 Å². The van der Waals surface area contributed by atoms with Gasteiger partial charge in [-0.2, -0.15) is 0 Å². The molecule has 0 aliphatic heterocycles. The molecule has 4 nitrogen and oxygen atoms in total. The first-order valence-electron chi connectivity index (χ1n) is 4.03. The molecule has 0 aromatic heterocycles. The summed E-state index contributed by atoms with van der Waals surface area (Å²) < 4.78 is 0. The Balaban J connectivity index is 2.85. The van der Waals surface area contributed by atoms with E-state index in [2.05, 4.69) is 11.8 Å². The quantitative estimate of drug-likeness (QED) is 0.413. The van der Waals surface area contributed by atoms with Crippen LogP contribution in [-0.4, -0.2) is 16.1 Å². The molecular formula is C10H9NO3. The van der Waals surface area contributed by atoms with E-state index >= 15 is 0 Å². The fraction of sp³-hybridized carbons (Fsp3) is 0.200. The fourth-order valence-corrected chi connectivity index (χ4v) is 0.854. The minimum Gasteiger partial charge on any atom is -0.381 e. The Kier molecular flexibility index (Phi) is 3.21. The largest absolute Gasteiger partial charge is 0.381 e. The van der Waals surface area contributed by atoms with Crippen molar-refractivity contribution < 1.29 is 10.0 Å². The monoisotopic (exact) mass is 191 g/mol. The van der Waals surface area contributed by atoms with Gasteiger partial charge in [-0.25, -0.2) is 0 Å². The predicted molar refractivity (Wildman–Crippen MR) is 51.7 cm³/mol. The molecule has 0 radical (unpaired) electrons. The molecule has 1 atom stereocenters. The summed E-state index contributed by atoms with van der Waals surface area (Å²) in [7, 11) is 0. The average Bonchev–Trinajstić information content (AvgIpc) is 2.15. The first kappa shape index (κ1) is 10.2. The Morgan fingerprint density at radius 2 is 2.00 bits per heavy atom. The van der Waals surface area contributed by atoms with Crippen LogP contribution in [0, 0.1) is 22.0 Å². The molecule has 0 aliphatic carbocycles. The van der Waals surface area contributed by atoms with Gasteiger partial charge in [0.25, 0.3) is 5.69 Å². The lowest BCUT2D eigenvalue weighted by molar-refractivity contribution is -0.384. The lowest BCUT2D eigenvalue weighted by Crippen LogP contribution is -1.92. The third-order valence-corrected chi connectivity index (χ3v) is 1.50. The van der Waals surface area contributed by atoms with E-state index in [4.69, 9.17) is 5.11 Å². The number of non-ortho nitro benzene ring substituents is 1. The number of nitro benzene ring substituents is 1. The summed E-state index contributed by atoms with van der Waals surface area (Å²) in [5, 5.41) is 19.2. The molecule has 4 heteroatoms. The number of nitro groups is 1. The van der Waals surface area contributed by atoms with Gasteiger partial charge in [0.15, 0.2) is 0 Å². The number of aliphatic hydroxyl groups excluding tert-OH is 1. The molecule has 0 amide bonds. The van der Waals surface area contributed by atoms with Gasteiger partial charge in [-0.05, 0) is 19.1 Å². The van der Waals surface area contributed by atoms with E-state index in [1.165, 1.54) is 12.1 Å². The van der Waals surface area contributed by atoms with Crippen molar-refractivity contribution in [2.45, 2.75) is 13.0 Å². The van der Waals surface area contributed by atoms with Crippen molar-refractivity contribution >= 4 is 5.69 Å². The second-order valence-electron chi connectivity index (χ2n) is 2.75. The first-order chi connectivity index (χ1) is 6.59. The highest BCUT2D eigenvalue weighted by molar-refractivity contribution is 5.41. The molecule has 0 bridgehead atoms. The van der Waals surface area contributed by atoms with Crippen LogP contribution < -0.4 is 0 Å². The molecule has 72 valence electrons. The maximum absolute atomic E-state index is 10.3. The second kappa shape index (κ2) is 4.40. The topological polar surface area (TPSA) is 63.4 Å². The van der Waals surface area contributed by atoms with E-state index in [-0.39, 0.29) is 5.69 Å². The lowest BCUT2D eigenvalue weighted by atomic mass is 10.2. The molecule has 0 fully saturated rings. The molecular weight excluding hydrogens is 182 g/mol. The van der Waals surface area contributed by atoms with Crippen LogP contribution in [-0.2, 0) is 0 Å². The second-order valence-corrected chi connectivity index (χ2v) is 2.75. The Hall–Kier alpha value is -1.86. The van der Waals surface area contributed by atoms with Crippen LogP contribution in [0.4, 0.5) is 5.69 Å². The van der Waals surface area contributed by atoms with E-state index in [0.717, 1.165) is 0 Å². The third kappa shape index (κ3) is 2.88. The zero-order chi connectivity index (χ0) is 10.6. The molecule has 1 rings (SSSR count). The highest BCUT2D eigenvalue weighted by atomic mass is 16.6. The van der Waals surface area contributed by atoms with Crippen LogP contribution in [0.3, 0.4) is 0 Å². The van der Waals surface area contributed by atoms with Crippen molar-refractivity contribution in [1.82, 2.24) is 0 Å². The summed E-state index contributed by atoms with van der Waals surface area (Å²) in [6.07, 6.45) is -0.690. The Morgan fingerprint density at radius 3 is 2.43 bits per heavy atom. The van der Waals surface area contributed by atoms with Crippen molar-refractivity contribution in [3.05, 3.63) is 39.9 Å². The maximum atomic E-state index is 10.3. The number of benzene rings is 1. The zero-order valence-corrected chi connectivity index (χ0v) is 7.60. The normalized spacial score (nSPS) is 11.3. The summed E-state index contributed by atoms with van der Waals surface area (Å²) in [5.74, 6) is 5.23. The highest BCUT2D eigenvalue weighted by Gasteiger charge is 2.02. The molecule has 0 saturated heterocycles. The van der Waals surface area contributed by atoms with E-state index in [0.29, 0.717) is 5.56 Å². The molecule has 14 heavy (non-hydrogen) atoms. The maximum Gasteiger partial charge on any atom is 0.269 e. The van der Waals surface area contributed by atoms with Gasteiger partial charge in [-0.3, -0.25) is 10.1 Å².